The van der Waals surface area contributed by atoms with Gasteiger partial charge in [-0.1, -0.05) is 65.1 Å². The Kier molecular flexibility index (Phi) is 8.61. The molecule has 37 heavy (non-hydrogen) atoms. The van der Waals surface area contributed by atoms with E-state index in [-0.39, 0.29) is 18.6 Å². The Morgan fingerprint density at radius 2 is 1.76 bits per heavy atom. The zero-order valence-electron chi connectivity index (χ0n) is 19.2. The van der Waals surface area contributed by atoms with Crippen molar-refractivity contribution in [1.29, 1.82) is 0 Å². The summed E-state index contributed by atoms with van der Waals surface area (Å²) >= 11 is 14.4. The van der Waals surface area contributed by atoms with Gasteiger partial charge in [0, 0.05) is 15.5 Å². The topological polar surface area (TPSA) is 142 Å². The minimum Gasteiger partial charge on any atom is -0.461 e. The number of anilines is 1. The Balaban J connectivity index is 0.000000886. The van der Waals surface area contributed by atoms with E-state index in [4.69, 9.17) is 39.5 Å². The van der Waals surface area contributed by atoms with Crippen LogP contribution in [0.15, 0.2) is 48.5 Å². The van der Waals surface area contributed by atoms with Gasteiger partial charge in [-0.25, -0.2) is 9.18 Å². The first kappa shape index (κ1) is 28.5. The van der Waals surface area contributed by atoms with Crippen molar-refractivity contribution in [2.45, 2.75) is 34.5 Å². The number of halogens is 4. The summed E-state index contributed by atoms with van der Waals surface area (Å²) in [6.07, 6.45) is -0.335. The molecule has 1 N–H and O–H groups in total. The molecule has 1 spiro atoms. The molecule has 0 saturated heterocycles. The maximum absolute atomic E-state index is 13.7. The van der Waals surface area contributed by atoms with Crippen molar-refractivity contribution in [1.82, 2.24) is 0 Å². The second kappa shape index (κ2) is 11.2. The van der Waals surface area contributed by atoms with E-state index in [1.807, 2.05) is 0 Å². The van der Waals surface area contributed by atoms with E-state index < -0.39 is 61.2 Å². The number of para-hydroxylation sites is 1. The minimum absolute atomic E-state index is 0.138. The van der Waals surface area contributed by atoms with Crippen molar-refractivity contribution in [2.75, 3.05) is 18.5 Å². The van der Waals surface area contributed by atoms with Crippen LogP contribution < -0.4 is 5.32 Å². The molecule has 0 radical (unpaired) electrons. The number of benzene rings is 2. The molecule has 4 atom stereocenters. The number of fused-ring (bicyclic) bond motifs is 2. The van der Waals surface area contributed by atoms with Crippen molar-refractivity contribution in [2.24, 2.45) is 5.92 Å². The number of amides is 1. The van der Waals surface area contributed by atoms with Crippen LogP contribution >= 0.6 is 34.8 Å². The van der Waals surface area contributed by atoms with Crippen LogP contribution in [0.4, 0.5) is 10.1 Å². The molecule has 2 aliphatic rings. The highest BCUT2D eigenvalue weighted by Crippen LogP contribution is 2.63. The van der Waals surface area contributed by atoms with E-state index in [9.17, 15) is 34.2 Å². The van der Waals surface area contributed by atoms with Crippen LogP contribution in [0.3, 0.4) is 0 Å². The van der Waals surface area contributed by atoms with Crippen LogP contribution in [-0.4, -0.2) is 44.7 Å². The quantitative estimate of drug-likeness (QED) is 0.228. The highest BCUT2D eigenvalue weighted by Gasteiger charge is 2.80. The fourth-order valence-corrected chi connectivity index (χ4v) is 5.54. The second-order valence-corrected chi connectivity index (χ2v) is 10.4. The van der Waals surface area contributed by atoms with Gasteiger partial charge in [0.1, 0.15) is 11.7 Å². The molecular weight excluding hydrogens is 556 g/mol. The Morgan fingerprint density at radius 1 is 1.16 bits per heavy atom. The van der Waals surface area contributed by atoms with Gasteiger partial charge in [-0.15, -0.1) is 0 Å². The number of alkyl halides is 3. The number of nitro groups is 2. The number of hydrogen-bond donors (Lipinski definition) is 1. The van der Waals surface area contributed by atoms with E-state index in [1.54, 1.807) is 24.3 Å². The van der Waals surface area contributed by atoms with Gasteiger partial charge in [0.15, 0.2) is 4.30 Å². The Hall–Kier alpha value is -3.02. The number of carbonyl (C=O) groups excluding carboxylic acids is 2. The van der Waals surface area contributed by atoms with Crippen LogP contribution in [0, 0.1) is 32.0 Å². The first-order chi connectivity index (χ1) is 17.4. The molecule has 1 aliphatic carbocycles. The third kappa shape index (κ3) is 4.95. The summed E-state index contributed by atoms with van der Waals surface area (Å²) in [5, 5.41) is 27.0. The zero-order chi connectivity index (χ0) is 27.5. The van der Waals surface area contributed by atoms with E-state index in [2.05, 4.69) is 5.32 Å². The van der Waals surface area contributed by atoms with Gasteiger partial charge in [0.25, 0.3) is 0 Å². The molecule has 2 aromatic rings. The average molecular weight is 577 g/mol. The molecular formula is C23H21Cl3FN3O7. The van der Waals surface area contributed by atoms with Gasteiger partial charge in [0.2, 0.25) is 12.5 Å². The van der Waals surface area contributed by atoms with E-state index in [0.717, 1.165) is 12.1 Å². The van der Waals surface area contributed by atoms with Crippen LogP contribution in [0.1, 0.15) is 30.4 Å². The maximum Gasteiger partial charge on any atom is 0.386 e. The molecule has 1 saturated carbocycles. The summed E-state index contributed by atoms with van der Waals surface area (Å²) < 4.78 is 18.1. The Bertz CT molecular complexity index is 1210. The highest BCUT2D eigenvalue weighted by atomic mass is 35.6. The molecule has 4 rings (SSSR count). The third-order valence-corrected chi connectivity index (χ3v) is 6.66. The number of ether oxygens (including phenoxy) is 1. The standard InChI is InChI=1S/C22H20FN3O7.CHCl3/c1-2-33-20(28)22(26(31)32)14(12-25(29)30)11-21(18(22)13-7-9-15(23)10-8-13)16-5-3-4-6-17(16)24-19(21)27;2-1(3)4/h3-10,14,18H,2,11-12H2,1H3,(H,24,27);1H/t14-,18+,21+,22+;/m1./s1. The summed E-state index contributed by atoms with van der Waals surface area (Å²) in [5.74, 6) is -5.43. The van der Waals surface area contributed by atoms with Crippen molar-refractivity contribution >= 4 is 52.4 Å². The lowest BCUT2D eigenvalue weighted by molar-refractivity contribution is -0.582. The molecule has 14 heteroatoms. The monoisotopic (exact) mass is 575 g/mol. The van der Waals surface area contributed by atoms with Crippen LogP contribution in [0.5, 0.6) is 0 Å². The normalized spacial score (nSPS) is 25.7. The molecule has 0 bridgehead atoms. The summed E-state index contributed by atoms with van der Waals surface area (Å²) in [7, 11) is 0. The van der Waals surface area contributed by atoms with Crippen LogP contribution in [-0.2, 0) is 19.7 Å². The lowest BCUT2D eigenvalue weighted by atomic mass is 9.66. The Labute approximate surface area is 225 Å². The van der Waals surface area contributed by atoms with Gasteiger partial charge in [0.05, 0.1) is 17.9 Å². The molecule has 1 fully saturated rings. The van der Waals surface area contributed by atoms with Gasteiger partial charge in [-0.05, 0) is 42.7 Å². The van der Waals surface area contributed by atoms with E-state index in [0.29, 0.717) is 11.3 Å². The SMILES string of the molecule is CCOC(=O)[C@]1([N+](=O)[O-])[C@@H](C[N+](=O)[O-])C[C@@]2(C(=O)Nc3ccccc32)[C@@H]1c1ccc(F)cc1.ClC(Cl)Cl. The maximum atomic E-state index is 13.7. The second-order valence-electron chi connectivity index (χ2n) is 8.42. The fourth-order valence-electron chi connectivity index (χ4n) is 5.54. The lowest BCUT2D eigenvalue weighted by Crippen LogP contribution is -2.58. The van der Waals surface area contributed by atoms with Gasteiger partial charge < -0.3 is 10.1 Å². The average Bonchev–Trinajstić information content (AvgIpc) is 3.26. The van der Waals surface area contributed by atoms with Crippen LogP contribution in [0.25, 0.3) is 0 Å². The number of esters is 1. The van der Waals surface area contributed by atoms with Gasteiger partial charge in [-0.2, -0.15) is 0 Å². The number of nitrogens with one attached hydrogen (secondary N) is 1. The number of nitrogens with zero attached hydrogens (tertiary/aromatic N) is 2. The number of rotatable bonds is 6. The fraction of sp³-hybridized carbons (Fsp3) is 0.391. The minimum atomic E-state index is -2.64. The van der Waals surface area contributed by atoms with E-state index in [1.165, 1.54) is 19.1 Å². The molecule has 1 amide bonds. The molecule has 1 heterocycles. The van der Waals surface area contributed by atoms with Crippen molar-refractivity contribution < 1.29 is 28.6 Å². The van der Waals surface area contributed by atoms with Gasteiger partial charge in [-0.3, -0.25) is 25.0 Å². The Morgan fingerprint density at radius 3 is 2.30 bits per heavy atom. The van der Waals surface area contributed by atoms with Crippen molar-refractivity contribution in [3.63, 3.8) is 0 Å². The molecule has 0 aromatic heterocycles. The first-order valence-electron chi connectivity index (χ1n) is 10.9. The number of hydrogen-bond acceptors (Lipinski definition) is 7. The molecule has 198 valence electrons. The summed E-state index contributed by atoms with van der Waals surface area (Å²) in [5.41, 5.74) is -3.38. The van der Waals surface area contributed by atoms with E-state index >= 15 is 0 Å². The van der Waals surface area contributed by atoms with Crippen molar-refractivity contribution in [3.8, 4) is 0 Å². The largest absolute Gasteiger partial charge is 0.461 e. The highest BCUT2D eigenvalue weighted by molar-refractivity contribution is 6.63. The third-order valence-electron chi connectivity index (χ3n) is 6.66. The smallest absolute Gasteiger partial charge is 0.386 e. The summed E-state index contributed by atoms with van der Waals surface area (Å²) in [4.78, 5) is 49.5. The predicted octanol–water partition coefficient (Wildman–Crippen LogP) is 4.66. The molecule has 0 unspecified atom stereocenters. The number of carbonyl (C=O) groups is 2. The molecule has 1 aliphatic heterocycles. The summed E-state index contributed by atoms with van der Waals surface area (Å²) in [6.45, 7) is 0.337. The predicted molar refractivity (Wildman–Crippen MR) is 134 cm³/mol. The van der Waals surface area contributed by atoms with Gasteiger partial charge >= 0.3 is 11.5 Å². The van der Waals surface area contributed by atoms with Crippen molar-refractivity contribution in [3.05, 3.63) is 85.7 Å². The zero-order valence-corrected chi connectivity index (χ0v) is 21.5. The summed E-state index contributed by atoms with van der Waals surface area (Å²) in [6, 6.07) is 11.2. The molecule has 2 aromatic carbocycles. The van der Waals surface area contributed by atoms with Crippen LogP contribution in [0.2, 0.25) is 0 Å². The molecule has 10 nitrogen and oxygen atoms in total. The first-order valence-corrected chi connectivity index (χ1v) is 12.3. The lowest BCUT2D eigenvalue weighted by Gasteiger charge is -2.34.